The molecule has 0 aliphatic rings. The van der Waals surface area contributed by atoms with Crippen LogP contribution in [0.4, 0.5) is 0 Å². The Kier molecular flexibility index (Phi) is 6.92. The molecule has 0 bridgehead atoms. The third-order valence-corrected chi connectivity index (χ3v) is 5.00. The number of sulfonamides is 1. The second-order valence-corrected chi connectivity index (χ2v) is 7.25. The molecule has 2 N–H and O–H groups in total. The number of carbonyl (C=O) groups is 1. The van der Waals surface area contributed by atoms with E-state index in [-0.39, 0.29) is 17.3 Å². The normalized spacial score (nSPS) is 10.9. The predicted octanol–water partition coefficient (Wildman–Crippen LogP) is 1.67. The fourth-order valence-electron chi connectivity index (χ4n) is 2.21. The Labute approximate surface area is 153 Å². The van der Waals surface area contributed by atoms with Crippen molar-refractivity contribution in [1.29, 1.82) is 0 Å². The summed E-state index contributed by atoms with van der Waals surface area (Å²) in [5.41, 5.74) is 2.38. The lowest BCUT2D eigenvalue weighted by molar-refractivity contribution is 0.0951. The number of ether oxygens (including phenoxy) is 1. The first-order valence-electron chi connectivity index (χ1n) is 7.84. The van der Waals surface area contributed by atoms with Gasteiger partial charge in [-0.25, -0.2) is 8.42 Å². The van der Waals surface area contributed by atoms with E-state index in [1.807, 2.05) is 24.3 Å². The highest BCUT2D eigenvalue weighted by Crippen LogP contribution is 2.11. The van der Waals surface area contributed by atoms with Crippen molar-refractivity contribution in [3.63, 3.8) is 0 Å². The molecule has 0 spiro atoms. The third-order valence-electron chi connectivity index (χ3n) is 3.58. The number of nitrogens with one attached hydrogen (secondary N) is 2. The molecule has 2 aromatic rings. The smallest absolute Gasteiger partial charge is 0.251 e. The molecule has 0 heterocycles. The molecular formula is C19H20N2O4S. The van der Waals surface area contributed by atoms with Gasteiger partial charge < -0.3 is 10.1 Å². The van der Waals surface area contributed by atoms with Crippen molar-refractivity contribution in [1.82, 2.24) is 10.0 Å². The fourth-order valence-corrected chi connectivity index (χ4v) is 3.14. The van der Waals surface area contributed by atoms with Crippen molar-refractivity contribution in [2.24, 2.45) is 0 Å². The molecule has 2 rings (SSSR count). The third kappa shape index (κ3) is 5.43. The molecule has 0 saturated carbocycles. The van der Waals surface area contributed by atoms with E-state index in [0.717, 1.165) is 11.1 Å². The predicted molar refractivity (Wildman–Crippen MR) is 98.8 cm³/mol. The maximum atomic E-state index is 12.2. The summed E-state index contributed by atoms with van der Waals surface area (Å²) in [4.78, 5) is 12.3. The number of hydrogen-bond acceptors (Lipinski definition) is 4. The van der Waals surface area contributed by atoms with Crippen molar-refractivity contribution in [3.05, 3.63) is 65.2 Å². The number of carbonyl (C=O) groups excluding carboxylic acids is 1. The zero-order valence-corrected chi connectivity index (χ0v) is 15.2. The Balaban J connectivity index is 1.96. The SMILES string of the molecule is C#CCNS(=O)(=O)c1ccc(C(=O)NCc2ccc(COC)cc2)cc1. The number of terminal acetylenes is 1. The van der Waals surface area contributed by atoms with Crippen LogP contribution in [0, 0.1) is 12.3 Å². The van der Waals surface area contributed by atoms with Gasteiger partial charge in [-0.15, -0.1) is 6.42 Å². The summed E-state index contributed by atoms with van der Waals surface area (Å²) in [7, 11) is -2.03. The standard InChI is InChI=1S/C19H20N2O4S/c1-3-12-21-26(23,24)18-10-8-17(9-11-18)19(22)20-13-15-4-6-16(7-5-15)14-25-2/h1,4-11,21H,12-14H2,2H3,(H,20,22). The molecule has 0 atom stereocenters. The maximum Gasteiger partial charge on any atom is 0.251 e. The zero-order valence-electron chi connectivity index (χ0n) is 14.4. The lowest BCUT2D eigenvalue weighted by Crippen LogP contribution is -2.25. The molecule has 0 aromatic heterocycles. The van der Waals surface area contributed by atoms with Gasteiger partial charge in [0.1, 0.15) is 0 Å². The van der Waals surface area contributed by atoms with Gasteiger partial charge in [-0.3, -0.25) is 4.79 Å². The molecule has 2 aromatic carbocycles. The summed E-state index contributed by atoms with van der Waals surface area (Å²) in [6, 6.07) is 13.4. The Morgan fingerprint density at radius 2 is 1.69 bits per heavy atom. The highest BCUT2D eigenvalue weighted by molar-refractivity contribution is 7.89. The second-order valence-electron chi connectivity index (χ2n) is 5.49. The summed E-state index contributed by atoms with van der Waals surface area (Å²) in [5, 5.41) is 2.80. The van der Waals surface area contributed by atoms with Gasteiger partial charge in [-0.2, -0.15) is 4.72 Å². The van der Waals surface area contributed by atoms with Gasteiger partial charge in [0.2, 0.25) is 10.0 Å². The largest absolute Gasteiger partial charge is 0.380 e. The average molecular weight is 372 g/mol. The summed E-state index contributed by atoms with van der Waals surface area (Å²) in [5.74, 6) is 1.92. The molecule has 7 heteroatoms. The summed E-state index contributed by atoms with van der Waals surface area (Å²) in [6.07, 6.45) is 5.05. The summed E-state index contributed by atoms with van der Waals surface area (Å²) in [6.45, 7) is 0.821. The van der Waals surface area contributed by atoms with Crippen molar-refractivity contribution in [2.75, 3.05) is 13.7 Å². The Hall–Kier alpha value is -2.66. The topological polar surface area (TPSA) is 84.5 Å². The monoisotopic (exact) mass is 372 g/mol. The van der Waals surface area contributed by atoms with Crippen LogP contribution in [0.25, 0.3) is 0 Å². The lowest BCUT2D eigenvalue weighted by atomic mass is 10.1. The maximum absolute atomic E-state index is 12.2. The van der Waals surface area contributed by atoms with Gasteiger partial charge in [-0.1, -0.05) is 30.2 Å². The van der Waals surface area contributed by atoms with Gasteiger partial charge in [-0.05, 0) is 35.4 Å². The summed E-state index contributed by atoms with van der Waals surface area (Å²) < 4.78 is 31.2. The van der Waals surface area contributed by atoms with Crippen LogP contribution >= 0.6 is 0 Å². The van der Waals surface area contributed by atoms with Gasteiger partial charge >= 0.3 is 0 Å². The highest BCUT2D eigenvalue weighted by atomic mass is 32.2. The second kappa shape index (κ2) is 9.15. The fraction of sp³-hybridized carbons (Fsp3) is 0.211. The van der Waals surface area contributed by atoms with E-state index in [1.54, 1.807) is 7.11 Å². The number of methoxy groups -OCH3 is 1. The molecule has 0 aliphatic heterocycles. The Morgan fingerprint density at radius 1 is 1.08 bits per heavy atom. The van der Waals surface area contributed by atoms with Crippen LogP contribution < -0.4 is 10.0 Å². The van der Waals surface area contributed by atoms with Gasteiger partial charge in [0, 0.05) is 19.2 Å². The number of rotatable bonds is 8. The Morgan fingerprint density at radius 3 is 2.27 bits per heavy atom. The van der Waals surface area contributed by atoms with Gasteiger partial charge in [0.05, 0.1) is 18.0 Å². The van der Waals surface area contributed by atoms with E-state index >= 15 is 0 Å². The first-order chi connectivity index (χ1) is 12.5. The quantitative estimate of drug-likeness (QED) is 0.691. The van der Waals surface area contributed by atoms with Gasteiger partial charge in [0.15, 0.2) is 0 Å². The van der Waals surface area contributed by atoms with E-state index < -0.39 is 10.0 Å². The van der Waals surface area contributed by atoms with Crippen LogP contribution in [0.2, 0.25) is 0 Å². The lowest BCUT2D eigenvalue weighted by Gasteiger charge is -2.08. The minimum Gasteiger partial charge on any atom is -0.380 e. The van der Waals surface area contributed by atoms with Crippen LogP contribution in [0.5, 0.6) is 0 Å². The van der Waals surface area contributed by atoms with Crippen LogP contribution in [0.15, 0.2) is 53.4 Å². The first-order valence-corrected chi connectivity index (χ1v) is 9.32. The molecule has 0 saturated heterocycles. The van der Waals surface area contributed by atoms with E-state index in [1.165, 1.54) is 24.3 Å². The average Bonchev–Trinajstić information content (AvgIpc) is 2.66. The van der Waals surface area contributed by atoms with E-state index in [0.29, 0.717) is 18.7 Å². The van der Waals surface area contributed by atoms with Crippen LogP contribution in [-0.4, -0.2) is 28.0 Å². The highest BCUT2D eigenvalue weighted by Gasteiger charge is 2.14. The molecular weight excluding hydrogens is 352 g/mol. The first kappa shape index (κ1) is 19.7. The molecule has 136 valence electrons. The van der Waals surface area contributed by atoms with Crippen LogP contribution in [0.3, 0.4) is 0 Å². The Bertz CT molecular complexity index is 883. The minimum absolute atomic E-state index is 0.0537. The number of hydrogen-bond donors (Lipinski definition) is 2. The number of amides is 1. The van der Waals surface area contributed by atoms with Crippen LogP contribution in [0.1, 0.15) is 21.5 Å². The molecule has 6 nitrogen and oxygen atoms in total. The van der Waals surface area contributed by atoms with Crippen molar-refractivity contribution in [2.45, 2.75) is 18.0 Å². The molecule has 26 heavy (non-hydrogen) atoms. The molecule has 1 amide bonds. The molecule has 0 aliphatic carbocycles. The molecule has 0 fully saturated rings. The van der Waals surface area contributed by atoms with Crippen molar-refractivity contribution < 1.29 is 17.9 Å². The van der Waals surface area contributed by atoms with Crippen LogP contribution in [-0.2, 0) is 27.9 Å². The minimum atomic E-state index is -3.66. The molecule has 0 radical (unpaired) electrons. The van der Waals surface area contributed by atoms with E-state index in [9.17, 15) is 13.2 Å². The van der Waals surface area contributed by atoms with E-state index in [4.69, 9.17) is 11.2 Å². The van der Waals surface area contributed by atoms with E-state index in [2.05, 4.69) is 16.0 Å². The summed E-state index contributed by atoms with van der Waals surface area (Å²) >= 11 is 0. The zero-order chi connectivity index (χ0) is 19.0. The molecule has 0 unspecified atom stereocenters. The van der Waals surface area contributed by atoms with Crippen molar-refractivity contribution in [3.8, 4) is 12.3 Å². The van der Waals surface area contributed by atoms with Crippen molar-refractivity contribution >= 4 is 15.9 Å². The van der Waals surface area contributed by atoms with Gasteiger partial charge in [0.25, 0.3) is 5.91 Å². The number of benzene rings is 2.